The van der Waals surface area contributed by atoms with Gasteiger partial charge in [-0.15, -0.1) is 0 Å². The minimum atomic E-state index is -0.277. The Hall–Kier alpha value is -0.610. The first-order chi connectivity index (χ1) is 8.09. The summed E-state index contributed by atoms with van der Waals surface area (Å²) in [5.74, 6) is 0.121. The Morgan fingerprint density at radius 3 is 2.94 bits per heavy atom. The average Bonchev–Trinajstić information content (AvgIpc) is 2.46. The summed E-state index contributed by atoms with van der Waals surface area (Å²) in [6.07, 6.45) is 1.90. The van der Waals surface area contributed by atoms with E-state index >= 15 is 0 Å². The molecule has 1 aromatic rings. The molecular formula is C13H17BrFNO. The molecule has 2 rings (SSSR count). The van der Waals surface area contributed by atoms with Gasteiger partial charge in [-0.2, -0.15) is 0 Å². The van der Waals surface area contributed by atoms with Crippen LogP contribution in [-0.2, 0) is 0 Å². The molecule has 2 nitrogen and oxygen atoms in total. The summed E-state index contributed by atoms with van der Waals surface area (Å²) in [7, 11) is 0. The summed E-state index contributed by atoms with van der Waals surface area (Å²) < 4.78 is 20.2. The molecule has 4 heteroatoms. The van der Waals surface area contributed by atoms with Gasteiger partial charge in [-0.05, 0) is 25.0 Å². The van der Waals surface area contributed by atoms with Crippen LogP contribution in [0.2, 0.25) is 0 Å². The third kappa shape index (κ3) is 2.80. The van der Waals surface area contributed by atoms with Gasteiger partial charge in [0.25, 0.3) is 0 Å². The standard InChI is InChI=1S/C13H17BrFNO/c1-8(2)16-11-4-3-7-17-13-10(15)6-5-9(14)12(11)13/h5-6,8,11,16H,3-4,7H2,1-2H3. The Morgan fingerprint density at radius 2 is 2.24 bits per heavy atom. The molecular weight excluding hydrogens is 285 g/mol. The molecule has 0 saturated carbocycles. The molecule has 0 aromatic heterocycles. The lowest BCUT2D eigenvalue weighted by Gasteiger charge is -2.22. The van der Waals surface area contributed by atoms with Gasteiger partial charge < -0.3 is 10.1 Å². The molecule has 1 unspecified atom stereocenters. The van der Waals surface area contributed by atoms with E-state index in [9.17, 15) is 4.39 Å². The highest BCUT2D eigenvalue weighted by Gasteiger charge is 2.25. The largest absolute Gasteiger partial charge is 0.490 e. The van der Waals surface area contributed by atoms with Crippen LogP contribution in [0.15, 0.2) is 16.6 Å². The Labute approximate surface area is 110 Å². The summed E-state index contributed by atoms with van der Waals surface area (Å²) in [5.41, 5.74) is 0.913. The van der Waals surface area contributed by atoms with Crippen molar-refractivity contribution in [2.45, 2.75) is 38.8 Å². The molecule has 17 heavy (non-hydrogen) atoms. The van der Waals surface area contributed by atoms with Gasteiger partial charge in [-0.1, -0.05) is 29.8 Å². The zero-order valence-corrected chi connectivity index (χ0v) is 11.7. The van der Waals surface area contributed by atoms with Crippen molar-refractivity contribution in [1.82, 2.24) is 5.32 Å². The normalized spacial score (nSPS) is 19.7. The maximum Gasteiger partial charge on any atom is 0.165 e. The monoisotopic (exact) mass is 301 g/mol. The van der Waals surface area contributed by atoms with Crippen molar-refractivity contribution in [3.63, 3.8) is 0 Å². The van der Waals surface area contributed by atoms with Crippen LogP contribution >= 0.6 is 15.9 Å². The number of fused-ring (bicyclic) bond motifs is 1. The molecule has 1 atom stereocenters. The Kier molecular flexibility index (Phi) is 4.05. The molecule has 0 aliphatic carbocycles. The molecule has 94 valence electrons. The quantitative estimate of drug-likeness (QED) is 0.897. The van der Waals surface area contributed by atoms with E-state index in [1.807, 2.05) is 0 Å². The van der Waals surface area contributed by atoms with Gasteiger partial charge in [-0.25, -0.2) is 4.39 Å². The predicted octanol–water partition coefficient (Wildman–Crippen LogP) is 3.80. The highest BCUT2D eigenvalue weighted by Crippen LogP contribution is 2.38. The molecule has 0 amide bonds. The van der Waals surface area contributed by atoms with Crippen molar-refractivity contribution >= 4 is 15.9 Å². The van der Waals surface area contributed by atoms with Crippen molar-refractivity contribution in [2.24, 2.45) is 0 Å². The van der Waals surface area contributed by atoms with Crippen LogP contribution in [0.25, 0.3) is 0 Å². The van der Waals surface area contributed by atoms with Crippen LogP contribution < -0.4 is 10.1 Å². The first kappa shape index (κ1) is 12.8. The minimum absolute atomic E-state index is 0.151. The van der Waals surface area contributed by atoms with Crippen LogP contribution in [0.3, 0.4) is 0 Å². The summed E-state index contributed by atoms with van der Waals surface area (Å²) in [5, 5.41) is 3.47. The lowest BCUT2D eigenvalue weighted by atomic mass is 10.0. The first-order valence-electron chi connectivity index (χ1n) is 5.96. The maximum atomic E-state index is 13.8. The predicted molar refractivity (Wildman–Crippen MR) is 69.8 cm³/mol. The van der Waals surface area contributed by atoms with Crippen molar-refractivity contribution < 1.29 is 9.13 Å². The van der Waals surface area contributed by atoms with E-state index in [1.54, 1.807) is 6.07 Å². The Balaban J connectivity index is 2.43. The number of hydrogen-bond donors (Lipinski definition) is 1. The van der Waals surface area contributed by atoms with Crippen molar-refractivity contribution in [1.29, 1.82) is 0 Å². The van der Waals surface area contributed by atoms with Crippen molar-refractivity contribution in [2.75, 3.05) is 6.61 Å². The third-order valence-corrected chi connectivity index (χ3v) is 3.55. The second-order valence-corrected chi connectivity index (χ2v) is 5.49. The number of nitrogens with one attached hydrogen (secondary N) is 1. The lowest BCUT2D eigenvalue weighted by Crippen LogP contribution is -2.28. The van der Waals surface area contributed by atoms with E-state index in [0.717, 1.165) is 22.9 Å². The summed E-state index contributed by atoms with van der Waals surface area (Å²) in [6, 6.07) is 3.71. The van der Waals surface area contributed by atoms with Gasteiger partial charge >= 0.3 is 0 Å². The molecule has 1 aliphatic rings. The summed E-state index contributed by atoms with van der Waals surface area (Å²) in [4.78, 5) is 0. The summed E-state index contributed by atoms with van der Waals surface area (Å²) in [6.45, 7) is 4.77. The minimum Gasteiger partial charge on any atom is -0.490 e. The van der Waals surface area contributed by atoms with Gasteiger partial charge in [0, 0.05) is 22.1 Å². The number of ether oxygens (including phenoxy) is 1. The second kappa shape index (κ2) is 5.36. The highest BCUT2D eigenvalue weighted by molar-refractivity contribution is 9.10. The van der Waals surface area contributed by atoms with Crippen molar-refractivity contribution in [3.05, 3.63) is 28.0 Å². The fourth-order valence-corrected chi connectivity index (χ4v) is 2.78. The van der Waals surface area contributed by atoms with E-state index < -0.39 is 0 Å². The molecule has 0 radical (unpaired) electrons. The number of halogens is 2. The van der Waals surface area contributed by atoms with Gasteiger partial charge in [0.15, 0.2) is 11.6 Å². The van der Waals surface area contributed by atoms with E-state index in [0.29, 0.717) is 18.4 Å². The molecule has 0 spiro atoms. The van der Waals surface area contributed by atoms with Crippen molar-refractivity contribution in [3.8, 4) is 5.75 Å². The van der Waals surface area contributed by atoms with E-state index in [2.05, 4.69) is 35.1 Å². The fraction of sp³-hybridized carbons (Fsp3) is 0.538. The van der Waals surface area contributed by atoms with Gasteiger partial charge in [0.2, 0.25) is 0 Å². The van der Waals surface area contributed by atoms with Crippen LogP contribution in [0.5, 0.6) is 5.75 Å². The number of hydrogen-bond acceptors (Lipinski definition) is 2. The zero-order valence-electron chi connectivity index (χ0n) is 10.1. The zero-order chi connectivity index (χ0) is 12.4. The maximum absolute atomic E-state index is 13.8. The molecule has 0 saturated heterocycles. The lowest BCUT2D eigenvalue weighted by molar-refractivity contribution is 0.300. The van der Waals surface area contributed by atoms with Gasteiger partial charge in [0.05, 0.1) is 6.61 Å². The summed E-state index contributed by atoms with van der Waals surface area (Å²) >= 11 is 3.49. The topological polar surface area (TPSA) is 21.3 Å². The molecule has 1 aromatic carbocycles. The van der Waals surface area contributed by atoms with E-state index in [-0.39, 0.29) is 11.9 Å². The molecule has 0 fully saturated rings. The van der Waals surface area contributed by atoms with Crippen LogP contribution in [-0.4, -0.2) is 12.6 Å². The third-order valence-electron chi connectivity index (χ3n) is 2.86. The number of benzene rings is 1. The Morgan fingerprint density at radius 1 is 1.47 bits per heavy atom. The van der Waals surface area contributed by atoms with Crippen LogP contribution in [0, 0.1) is 5.82 Å². The van der Waals surface area contributed by atoms with Crippen LogP contribution in [0.4, 0.5) is 4.39 Å². The first-order valence-corrected chi connectivity index (χ1v) is 6.75. The van der Waals surface area contributed by atoms with E-state index in [4.69, 9.17) is 4.74 Å². The highest BCUT2D eigenvalue weighted by atomic mass is 79.9. The van der Waals surface area contributed by atoms with Gasteiger partial charge in [0.1, 0.15) is 0 Å². The molecule has 1 heterocycles. The number of rotatable bonds is 2. The molecule has 0 bridgehead atoms. The fourth-order valence-electron chi connectivity index (χ4n) is 2.20. The average molecular weight is 302 g/mol. The second-order valence-electron chi connectivity index (χ2n) is 4.64. The molecule has 1 aliphatic heterocycles. The van der Waals surface area contributed by atoms with E-state index in [1.165, 1.54) is 6.07 Å². The SMILES string of the molecule is CC(C)NC1CCCOc2c(F)ccc(Br)c21. The van der Waals surface area contributed by atoms with Gasteiger partial charge in [-0.3, -0.25) is 0 Å². The Bertz CT molecular complexity index is 409. The van der Waals surface area contributed by atoms with Crippen LogP contribution in [0.1, 0.15) is 38.3 Å². The smallest absolute Gasteiger partial charge is 0.165 e. The molecule has 1 N–H and O–H groups in total.